The van der Waals surface area contributed by atoms with Crippen LogP contribution in [0.4, 0.5) is 0 Å². The van der Waals surface area contributed by atoms with Gasteiger partial charge in [-0.25, -0.2) is 4.98 Å². The lowest BCUT2D eigenvalue weighted by Gasteiger charge is -2.28. The molecule has 0 spiro atoms. The summed E-state index contributed by atoms with van der Waals surface area (Å²) in [7, 11) is 2.20. The van der Waals surface area contributed by atoms with Crippen molar-refractivity contribution >= 4 is 0 Å². The van der Waals surface area contributed by atoms with Gasteiger partial charge in [0.2, 0.25) is 0 Å². The van der Waals surface area contributed by atoms with E-state index in [1.807, 2.05) is 6.20 Å². The molecule has 6 heteroatoms. The maximum absolute atomic E-state index is 4.41. The zero-order chi connectivity index (χ0) is 15.1. The van der Waals surface area contributed by atoms with Crippen molar-refractivity contribution in [3.8, 4) is 0 Å². The van der Waals surface area contributed by atoms with Crippen molar-refractivity contribution in [3.63, 3.8) is 0 Å². The third kappa shape index (κ3) is 2.67. The van der Waals surface area contributed by atoms with Crippen LogP contribution in [-0.4, -0.2) is 42.8 Å². The molecule has 0 amide bonds. The number of rotatable bonds is 5. The zero-order valence-electron chi connectivity index (χ0n) is 13.4. The van der Waals surface area contributed by atoms with Crippen molar-refractivity contribution in [3.05, 3.63) is 29.9 Å². The van der Waals surface area contributed by atoms with Crippen molar-refractivity contribution in [2.75, 3.05) is 13.6 Å². The van der Waals surface area contributed by atoms with Crippen LogP contribution in [0.15, 0.2) is 12.4 Å². The minimum atomic E-state index is 0.654. The number of hydrogen-bond acceptors (Lipinski definition) is 4. The molecule has 3 heterocycles. The number of imidazole rings is 1. The summed E-state index contributed by atoms with van der Waals surface area (Å²) < 4.78 is 4.64. The number of hydrogen-bond donors (Lipinski definition) is 0. The molecular weight excluding hydrogens is 276 g/mol. The van der Waals surface area contributed by atoms with Gasteiger partial charge in [-0.15, -0.1) is 10.2 Å². The van der Waals surface area contributed by atoms with Gasteiger partial charge in [-0.3, -0.25) is 4.90 Å². The van der Waals surface area contributed by atoms with Gasteiger partial charge in [-0.2, -0.15) is 0 Å². The van der Waals surface area contributed by atoms with Gasteiger partial charge in [0.15, 0.2) is 0 Å². The summed E-state index contributed by atoms with van der Waals surface area (Å²) in [6, 6.07) is 0.654. The Labute approximate surface area is 131 Å². The lowest BCUT2D eigenvalue weighted by atomic mass is 9.99. The normalized spacial score (nSPS) is 21.3. The maximum Gasteiger partial charge on any atom is 0.147 e. The van der Waals surface area contributed by atoms with Crippen molar-refractivity contribution in [1.29, 1.82) is 0 Å². The number of aryl methyl sites for hydroxylation is 2. The smallest absolute Gasteiger partial charge is 0.147 e. The van der Waals surface area contributed by atoms with Crippen molar-refractivity contribution < 1.29 is 0 Å². The zero-order valence-corrected chi connectivity index (χ0v) is 13.4. The summed E-state index contributed by atoms with van der Waals surface area (Å²) in [5.41, 5.74) is 0. The van der Waals surface area contributed by atoms with E-state index in [1.165, 1.54) is 25.1 Å². The van der Waals surface area contributed by atoms with Crippen LogP contribution in [0.3, 0.4) is 0 Å². The summed E-state index contributed by atoms with van der Waals surface area (Å²) in [5.74, 6) is 4.13. The molecule has 2 aliphatic rings. The standard InChI is InChI=1S/C16H24N6/c1-12-18-19-16(22(12)14-4-5-14)11-20(2)9-13-3-6-15-17-7-8-21(15)10-13/h7-8,13-14H,3-6,9-11H2,1-2H3/t13-/m1/s1. The Hall–Kier alpha value is -1.69. The first-order valence-corrected chi connectivity index (χ1v) is 8.29. The van der Waals surface area contributed by atoms with Crippen molar-refractivity contribution in [1.82, 2.24) is 29.2 Å². The predicted molar refractivity (Wildman–Crippen MR) is 83.4 cm³/mol. The van der Waals surface area contributed by atoms with E-state index in [-0.39, 0.29) is 0 Å². The molecule has 6 nitrogen and oxygen atoms in total. The molecule has 1 aliphatic carbocycles. The molecular formula is C16H24N6. The van der Waals surface area contributed by atoms with Gasteiger partial charge >= 0.3 is 0 Å². The molecule has 0 bridgehead atoms. The van der Waals surface area contributed by atoms with E-state index in [1.54, 1.807) is 0 Å². The van der Waals surface area contributed by atoms with Crippen LogP contribution in [0.5, 0.6) is 0 Å². The molecule has 0 aromatic carbocycles. The molecule has 2 aromatic rings. The average molecular weight is 300 g/mol. The summed E-state index contributed by atoms with van der Waals surface area (Å²) in [6.07, 6.45) is 8.92. The number of fused-ring (bicyclic) bond motifs is 1. The Morgan fingerprint density at radius 2 is 2.14 bits per heavy atom. The van der Waals surface area contributed by atoms with E-state index < -0.39 is 0 Å². The fourth-order valence-corrected chi connectivity index (χ4v) is 3.66. The monoisotopic (exact) mass is 300 g/mol. The summed E-state index contributed by atoms with van der Waals surface area (Å²) in [6.45, 7) is 5.16. The van der Waals surface area contributed by atoms with E-state index >= 15 is 0 Å². The first-order chi connectivity index (χ1) is 10.7. The van der Waals surface area contributed by atoms with Gasteiger partial charge in [0, 0.05) is 37.9 Å². The van der Waals surface area contributed by atoms with Gasteiger partial charge in [-0.1, -0.05) is 0 Å². The van der Waals surface area contributed by atoms with Gasteiger partial charge in [0.25, 0.3) is 0 Å². The highest BCUT2D eigenvalue weighted by Crippen LogP contribution is 2.36. The maximum atomic E-state index is 4.41. The third-order valence-electron chi connectivity index (χ3n) is 4.86. The van der Waals surface area contributed by atoms with Crippen LogP contribution in [-0.2, 0) is 19.5 Å². The number of nitrogens with zero attached hydrogens (tertiary/aromatic N) is 6. The highest BCUT2D eigenvalue weighted by Gasteiger charge is 2.28. The highest BCUT2D eigenvalue weighted by molar-refractivity contribution is 5.02. The fraction of sp³-hybridized carbons (Fsp3) is 0.688. The summed E-state index contributed by atoms with van der Waals surface area (Å²) in [4.78, 5) is 6.80. The second-order valence-electron chi connectivity index (χ2n) is 6.86. The molecule has 22 heavy (non-hydrogen) atoms. The fourth-order valence-electron chi connectivity index (χ4n) is 3.66. The molecule has 118 valence electrons. The molecule has 1 atom stereocenters. The first-order valence-electron chi connectivity index (χ1n) is 8.29. The van der Waals surface area contributed by atoms with E-state index in [2.05, 4.69) is 49.4 Å². The molecule has 0 N–H and O–H groups in total. The molecule has 0 unspecified atom stereocenters. The van der Waals surface area contributed by atoms with E-state index in [0.29, 0.717) is 12.0 Å². The molecule has 2 aromatic heterocycles. The SMILES string of the molecule is Cc1nnc(CN(C)C[C@H]2CCc3nccn3C2)n1C1CC1. The minimum absolute atomic E-state index is 0.654. The van der Waals surface area contributed by atoms with Crippen LogP contribution < -0.4 is 0 Å². The topological polar surface area (TPSA) is 51.8 Å². The Morgan fingerprint density at radius 3 is 2.95 bits per heavy atom. The quantitative estimate of drug-likeness (QED) is 0.845. The first kappa shape index (κ1) is 13.9. The molecule has 1 saturated carbocycles. The van der Waals surface area contributed by atoms with Gasteiger partial charge in [-0.05, 0) is 39.2 Å². The summed E-state index contributed by atoms with van der Waals surface area (Å²) >= 11 is 0. The van der Waals surface area contributed by atoms with Gasteiger partial charge in [0.1, 0.15) is 17.5 Å². The molecule has 4 rings (SSSR count). The molecule has 1 aliphatic heterocycles. The van der Waals surface area contributed by atoms with Crippen molar-refractivity contribution in [2.24, 2.45) is 5.92 Å². The highest BCUT2D eigenvalue weighted by atomic mass is 15.3. The number of aromatic nitrogens is 5. The Balaban J connectivity index is 1.38. The van der Waals surface area contributed by atoms with Crippen LogP contribution >= 0.6 is 0 Å². The average Bonchev–Trinajstić information content (AvgIpc) is 3.10. The van der Waals surface area contributed by atoms with Gasteiger partial charge in [0.05, 0.1) is 6.54 Å². The molecule has 0 saturated heterocycles. The van der Waals surface area contributed by atoms with Gasteiger partial charge < -0.3 is 9.13 Å². The minimum Gasteiger partial charge on any atom is -0.335 e. The van der Waals surface area contributed by atoms with Crippen molar-refractivity contribution in [2.45, 2.75) is 51.7 Å². The van der Waals surface area contributed by atoms with Crippen LogP contribution in [0.1, 0.15) is 42.8 Å². The van der Waals surface area contributed by atoms with Crippen LogP contribution in [0.2, 0.25) is 0 Å². The second-order valence-corrected chi connectivity index (χ2v) is 6.86. The lowest BCUT2D eigenvalue weighted by molar-refractivity contribution is 0.223. The summed E-state index contributed by atoms with van der Waals surface area (Å²) in [5, 5.41) is 8.67. The van der Waals surface area contributed by atoms with Crippen LogP contribution in [0.25, 0.3) is 0 Å². The Kier molecular flexibility index (Phi) is 3.48. The van der Waals surface area contributed by atoms with Crippen LogP contribution in [0, 0.1) is 12.8 Å². The Morgan fingerprint density at radius 1 is 1.27 bits per heavy atom. The van der Waals surface area contributed by atoms with E-state index in [9.17, 15) is 0 Å². The predicted octanol–water partition coefficient (Wildman–Crippen LogP) is 1.81. The second kappa shape index (κ2) is 5.50. The van der Waals surface area contributed by atoms with E-state index in [4.69, 9.17) is 0 Å². The van der Waals surface area contributed by atoms with E-state index in [0.717, 1.165) is 37.7 Å². The Bertz CT molecular complexity index is 653. The molecule has 1 fully saturated rings. The lowest BCUT2D eigenvalue weighted by Crippen LogP contribution is -2.32. The largest absolute Gasteiger partial charge is 0.335 e. The molecule has 0 radical (unpaired) electrons. The third-order valence-corrected chi connectivity index (χ3v) is 4.86.